The summed E-state index contributed by atoms with van der Waals surface area (Å²) in [7, 11) is 1.14. The van der Waals surface area contributed by atoms with Crippen molar-refractivity contribution in [3.8, 4) is 0 Å². The van der Waals surface area contributed by atoms with E-state index in [1.54, 1.807) is 14.2 Å². The van der Waals surface area contributed by atoms with Crippen LogP contribution in [-0.4, -0.2) is 35.0 Å². The summed E-state index contributed by atoms with van der Waals surface area (Å²) in [6, 6.07) is 0. The summed E-state index contributed by atoms with van der Waals surface area (Å²) in [6.07, 6.45) is 0.754. The van der Waals surface area contributed by atoms with Crippen LogP contribution in [0.25, 0.3) is 0 Å². The molecule has 5 heteroatoms. The van der Waals surface area contributed by atoms with Crippen LogP contribution in [0.15, 0.2) is 0 Å². The molecule has 0 spiro atoms. The molecule has 0 fully saturated rings. The highest BCUT2D eigenvalue weighted by atomic mass is 28.4. The second-order valence-electron chi connectivity index (χ2n) is 2.61. The Morgan fingerprint density at radius 1 is 1.36 bits per heavy atom. The Kier molecular flexibility index (Phi) is 4.86. The van der Waals surface area contributed by atoms with Crippen LogP contribution in [-0.2, 0) is 8.85 Å². The third-order valence-electron chi connectivity index (χ3n) is 1.96. The maximum atomic E-state index is 5.82. The lowest BCUT2D eigenvalue weighted by Crippen LogP contribution is -2.54. The molecule has 0 aromatic heterocycles. The molecule has 0 aromatic carbocycles. The number of nitrogens with two attached hydrogens (primary N) is 2. The van der Waals surface area contributed by atoms with E-state index in [2.05, 4.69) is 0 Å². The van der Waals surface area contributed by atoms with Crippen molar-refractivity contribution < 1.29 is 8.85 Å². The lowest BCUT2D eigenvalue weighted by Gasteiger charge is -2.28. The SMILES string of the molecule is CO[Si](C)(OC)C(N)CCN. The maximum Gasteiger partial charge on any atom is 0.351 e. The standard InChI is InChI=1S/C6H18N2O2Si/c1-9-11(3,10-2)6(8)4-5-7/h6H,4-5,7-8H2,1-3H3. The number of rotatable bonds is 5. The van der Waals surface area contributed by atoms with Crippen molar-refractivity contribution in [2.45, 2.75) is 18.6 Å². The van der Waals surface area contributed by atoms with Gasteiger partial charge in [0.05, 0.1) is 0 Å². The lowest BCUT2D eigenvalue weighted by atomic mass is 10.4. The summed E-state index contributed by atoms with van der Waals surface area (Å²) in [6.45, 7) is 2.52. The molecule has 1 unspecified atom stereocenters. The normalized spacial score (nSPS) is 15.0. The minimum atomic E-state index is -2.12. The van der Waals surface area contributed by atoms with Crippen molar-refractivity contribution >= 4 is 8.56 Å². The first-order valence-electron chi connectivity index (χ1n) is 3.66. The molecule has 0 aliphatic heterocycles. The van der Waals surface area contributed by atoms with Crippen molar-refractivity contribution in [2.24, 2.45) is 11.5 Å². The summed E-state index contributed by atoms with van der Waals surface area (Å²) < 4.78 is 10.5. The largest absolute Gasteiger partial charge is 0.397 e. The van der Waals surface area contributed by atoms with E-state index in [0.29, 0.717) is 6.54 Å². The third-order valence-corrected chi connectivity index (χ3v) is 5.22. The van der Waals surface area contributed by atoms with E-state index in [1.807, 2.05) is 6.55 Å². The van der Waals surface area contributed by atoms with Crippen molar-refractivity contribution in [1.82, 2.24) is 0 Å². The molecule has 0 heterocycles. The summed E-state index contributed by atoms with van der Waals surface area (Å²) in [5.74, 6) is 0. The molecule has 0 aromatic rings. The predicted octanol–water partition coefficient (Wildman–Crippen LogP) is -0.433. The molecule has 0 amide bonds. The van der Waals surface area contributed by atoms with Gasteiger partial charge in [-0.15, -0.1) is 0 Å². The van der Waals surface area contributed by atoms with Crippen LogP contribution in [0.2, 0.25) is 6.55 Å². The van der Waals surface area contributed by atoms with Gasteiger partial charge in [0.2, 0.25) is 0 Å². The van der Waals surface area contributed by atoms with Gasteiger partial charge < -0.3 is 20.3 Å². The molecule has 0 bridgehead atoms. The van der Waals surface area contributed by atoms with Crippen LogP contribution in [0.1, 0.15) is 6.42 Å². The van der Waals surface area contributed by atoms with Gasteiger partial charge in [0.1, 0.15) is 0 Å². The van der Waals surface area contributed by atoms with Gasteiger partial charge in [-0.25, -0.2) is 0 Å². The molecule has 0 rings (SSSR count). The van der Waals surface area contributed by atoms with E-state index in [4.69, 9.17) is 20.3 Å². The lowest BCUT2D eigenvalue weighted by molar-refractivity contribution is 0.236. The fourth-order valence-corrected chi connectivity index (χ4v) is 2.29. The van der Waals surface area contributed by atoms with Gasteiger partial charge in [-0.3, -0.25) is 0 Å². The van der Waals surface area contributed by atoms with E-state index < -0.39 is 8.56 Å². The van der Waals surface area contributed by atoms with E-state index in [-0.39, 0.29) is 5.67 Å². The van der Waals surface area contributed by atoms with Crippen LogP contribution in [0, 0.1) is 0 Å². The Hall–Kier alpha value is 0.0569. The molecule has 0 aliphatic carbocycles. The van der Waals surface area contributed by atoms with Gasteiger partial charge in [-0.05, 0) is 19.5 Å². The first kappa shape index (κ1) is 11.1. The van der Waals surface area contributed by atoms with Crippen molar-refractivity contribution in [2.75, 3.05) is 20.8 Å². The molecule has 4 nitrogen and oxygen atoms in total. The van der Waals surface area contributed by atoms with Crippen LogP contribution in [0.4, 0.5) is 0 Å². The van der Waals surface area contributed by atoms with Crippen LogP contribution in [0.5, 0.6) is 0 Å². The molecular formula is C6H18N2O2Si. The minimum absolute atomic E-state index is 0.0394. The van der Waals surface area contributed by atoms with E-state index >= 15 is 0 Å². The van der Waals surface area contributed by atoms with E-state index in [1.165, 1.54) is 0 Å². The van der Waals surface area contributed by atoms with E-state index in [9.17, 15) is 0 Å². The second-order valence-corrected chi connectivity index (χ2v) is 6.20. The summed E-state index contributed by atoms with van der Waals surface area (Å²) in [5.41, 5.74) is 11.1. The molecule has 0 saturated heterocycles. The van der Waals surface area contributed by atoms with Gasteiger partial charge in [0, 0.05) is 19.9 Å². The average molecular weight is 178 g/mol. The van der Waals surface area contributed by atoms with Crippen LogP contribution >= 0.6 is 0 Å². The molecule has 1 atom stereocenters. The molecule has 11 heavy (non-hydrogen) atoms. The Bertz CT molecular complexity index is 109. The zero-order valence-corrected chi connectivity index (χ0v) is 8.46. The first-order valence-corrected chi connectivity index (χ1v) is 6.06. The molecular weight excluding hydrogens is 160 g/mol. The molecule has 68 valence electrons. The van der Waals surface area contributed by atoms with E-state index in [0.717, 1.165) is 6.42 Å². The third kappa shape index (κ3) is 2.88. The zero-order valence-electron chi connectivity index (χ0n) is 7.46. The van der Waals surface area contributed by atoms with Gasteiger partial charge >= 0.3 is 8.56 Å². The first-order chi connectivity index (χ1) is 5.10. The minimum Gasteiger partial charge on any atom is -0.397 e. The highest BCUT2D eigenvalue weighted by Gasteiger charge is 2.36. The molecule has 0 radical (unpaired) electrons. The topological polar surface area (TPSA) is 70.5 Å². The molecule has 0 aliphatic rings. The number of hydrogen-bond acceptors (Lipinski definition) is 4. The fourth-order valence-electron chi connectivity index (χ4n) is 0.828. The molecule has 4 N–H and O–H groups in total. The average Bonchev–Trinajstić information content (AvgIpc) is 2.03. The van der Waals surface area contributed by atoms with Gasteiger partial charge in [0.25, 0.3) is 0 Å². The second kappa shape index (κ2) is 4.84. The van der Waals surface area contributed by atoms with Crippen LogP contribution < -0.4 is 11.5 Å². The van der Waals surface area contributed by atoms with Gasteiger partial charge in [-0.2, -0.15) is 0 Å². The van der Waals surface area contributed by atoms with Crippen molar-refractivity contribution in [1.29, 1.82) is 0 Å². The smallest absolute Gasteiger partial charge is 0.351 e. The van der Waals surface area contributed by atoms with Crippen molar-refractivity contribution in [3.63, 3.8) is 0 Å². The quantitative estimate of drug-likeness (QED) is 0.560. The van der Waals surface area contributed by atoms with Gasteiger partial charge in [0.15, 0.2) is 0 Å². The maximum absolute atomic E-state index is 5.82. The van der Waals surface area contributed by atoms with Crippen molar-refractivity contribution in [3.05, 3.63) is 0 Å². The van der Waals surface area contributed by atoms with Crippen LogP contribution in [0.3, 0.4) is 0 Å². The fraction of sp³-hybridized carbons (Fsp3) is 1.00. The monoisotopic (exact) mass is 178 g/mol. The highest BCUT2D eigenvalue weighted by molar-refractivity contribution is 6.67. The highest BCUT2D eigenvalue weighted by Crippen LogP contribution is 2.10. The Morgan fingerprint density at radius 2 is 1.82 bits per heavy atom. The molecule has 0 saturated carbocycles. The number of hydrogen-bond donors (Lipinski definition) is 2. The Labute approximate surface area is 69.1 Å². The van der Waals surface area contributed by atoms with Gasteiger partial charge in [-0.1, -0.05) is 0 Å². The zero-order chi connectivity index (χ0) is 8.91. The summed E-state index contributed by atoms with van der Waals surface area (Å²) in [4.78, 5) is 0. The summed E-state index contributed by atoms with van der Waals surface area (Å²) >= 11 is 0. The Morgan fingerprint density at radius 3 is 2.09 bits per heavy atom. The summed E-state index contributed by atoms with van der Waals surface area (Å²) in [5, 5.41) is 0. The Balaban J connectivity index is 4.00. The predicted molar refractivity (Wildman–Crippen MR) is 47.3 cm³/mol.